The van der Waals surface area contributed by atoms with Crippen molar-refractivity contribution in [1.82, 2.24) is 4.90 Å². The second-order valence-electron chi connectivity index (χ2n) is 5.77. The fraction of sp³-hybridized carbons (Fsp3) is 0.222. The van der Waals surface area contributed by atoms with E-state index in [1.165, 1.54) is 18.0 Å². The number of amides is 3. The van der Waals surface area contributed by atoms with Crippen molar-refractivity contribution in [2.45, 2.75) is 12.5 Å². The molecule has 1 aliphatic heterocycles. The maximum atomic E-state index is 13.7. The fourth-order valence-corrected chi connectivity index (χ4v) is 2.84. The summed E-state index contributed by atoms with van der Waals surface area (Å²) in [7, 11) is 1.44. The van der Waals surface area contributed by atoms with Gasteiger partial charge in [0.25, 0.3) is 0 Å². The van der Waals surface area contributed by atoms with Crippen LogP contribution in [0.25, 0.3) is 0 Å². The van der Waals surface area contributed by atoms with Gasteiger partial charge in [-0.25, -0.2) is 13.6 Å². The number of hydrogen-bond acceptors (Lipinski definition) is 2. The minimum atomic E-state index is -0.870. The van der Waals surface area contributed by atoms with Gasteiger partial charge in [0, 0.05) is 19.3 Å². The first-order valence-electron chi connectivity index (χ1n) is 7.83. The third-order valence-corrected chi connectivity index (χ3v) is 4.23. The van der Waals surface area contributed by atoms with Crippen molar-refractivity contribution in [3.8, 4) is 0 Å². The molecule has 3 amide bonds. The molecule has 0 bridgehead atoms. The molecular formula is C18H17F2N3O2. The Bertz CT molecular complexity index is 778. The van der Waals surface area contributed by atoms with Crippen LogP contribution in [0.4, 0.5) is 25.0 Å². The molecule has 130 valence electrons. The predicted molar refractivity (Wildman–Crippen MR) is 90.3 cm³/mol. The Kier molecular flexibility index (Phi) is 4.65. The molecule has 2 aromatic rings. The Hall–Kier alpha value is -2.96. The molecule has 2 aromatic carbocycles. The molecule has 1 fully saturated rings. The average Bonchev–Trinajstić information content (AvgIpc) is 2.99. The highest BCUT2D eigenvalue weighted by Crippen LogP contribution is 2.25. The van der Waals surface area contributed by atoms with Crippen molar-refractivity contribution in [1.29, 1.82) is 0 Å². The number of rotatable bonds is 3. The molecule has 1 atom stereocenters. The zero-order chi connectivity index (χ0) is 18.0. The van der Waals surface area contributed by atoms with Gasteiger partial charge < -0.3 is 15.1 Å². The Balaban J connectivity index is 1.72. The Labute approximate surface area is 143 Å². The molecule has 1 N–H and O–H groups in total. The molecule has 0 aliphatic carbocycles. The molecule has 1 unspecified atom stereocenters. The topological polar surface area (TPSA) is 52.7 Å². The SMILES string of the molecule is CN(C(=O)Nc1c(F)cccc1F)C1CCN(c2ccccc2)C1=O. The second-order valence-corrected chi connectivity index (χ2v) is 5.77. The van der Waals surface area contributed by atoms with Crippen LogP contribution in [0.5, 0.6) is 0 Å². The van der Waals surface area contributed by atoms with Gasteiger partial charge in [0.05, 0.1) is 0 Å². The van der Waals surface area contributed by atoms with Crippen molar-refractivity contribution < 1.29 is 18.4 Å². The van der Waals surface area contributed by atoms with E-state index in [-0.39, 0.29) is 5.91 Å². The van der Waals surface area contributed by atoms with Crippen LogP contribution in [0.1, 0.15) is 6.42 Å². The molecule has 1 heterocycles. The van der Waals surface area contributed by atoms with Crippen LogP contribution in [0.2, 0.25) is 0 Å². The van der Waals surface area contributed by atoms with E-state index in [0.29, 0.717) is 13.0 Å². The first-order chi connectivity index (χ1) is 12.0. The van der Waals surface area contributed by atoms with Crippen LogP contribution in [0.15, 0.2) is 48.5 Å². The van der Waals surface area contributed by atoms with E-state index in [2.05, 4.69) is 5.32 Å². The number of urea groups is 1. The molecule has 0 radical (unpaired) electrons. The van der Waals surface area contributed by atoms with E-state index in [1.54, 1.807) is 4.90 Å². The largest absolute Gasteiger partial charge is 0.322 e. The Morgan fingerprint density at radius 2 is 1.76 bits per heavy atom. The summed E-state index contributed by atoms with van der Waals surface area (Å²) in [6, 6.07) is 11.0. The predicted octanol–water partition coefficient (Wildman–Crippen LogP) is 3.23. The van der Waals surface area contributed by atoms with Crippen molar-refractivity contribution in [2.75, 3.05) is 23.8 Å². The molecule has 7 heteroatoms. The van der Waals surface area contributed by atoms with Gasteiger partial charge in [-0.3, -0.25) is 4.79 Å². The normalized spacial score (nSPS) is 16.8. The van der Waals surface area contributed by atoms with Gasteiger partial charge in [-0.1, -0.05) is 24.3 Å². The number of likely N-dealkylation sites (N-methyl/N-ethyl adjacent to an activating group) is 1. The number of benzene rings is 2. The van der Waals surface area contributed by atoms with Crippen molar-refractivity contribution >= 4 is 23.3 Å². The zero-order valence-electron chi connectivity index (χ0n) is 13.6. The summed E-state index contributed by atoms with van der Waals surface area (Å²) >= 11 is 0. The molecule has 0 saturated carbocycles. The fourth-order valence-electron chi connectivity index (χ4n) is 2.84. The number of nitrogens with one attached hydrogen (secondary N) is 1. The highest BCUT2D eigenvalue weighted by molar-refractivity contribution is 6.02. The van der Waals surface area contributed by atoms with Gasteiger partial charge in [-0.15, -0.1) is 0 Å². The van der Waals surface area contributed by atoms with Gasteiger partial charge in [0.2, 0.25) is 5.91 Å². The molecule has 3 rings (SSSR count). The van der Waals surface area contributed by atoms with Crippen LogP contribution in [-0.2, 0) is 4.79 Å². The quantitative estimate of drug-likeness (QED) is 0.929. The van der Waals surface area contributed by atoms with Crippen LogP contribution in [0.3, 0.4) is 0 Å². The van der Waals surface area contributed by atoms with Gasteiger partial charge in [-0.05, 0) is 30.7 Å². The Morgan fingerprint density at radius 1 is 1.12 bits per heavy atom. The monoisotopic (exact) mass is 345 g/mol. The van der Waals surface area contributed by atoms with Crippen molar-refractivity contribution in [2.24, 2.45) is 0 Å². The van der Waals surface area contributed by atoms with E-state index in [0.717, 1.165) is 17.8 Å². The molecule has 1 saturated heterocycles. The lowest BCUT2D eigenvalue weighted by Gasteiger charge is -2.24. The lowest BCUT2D eigenvalue weighted by atomic mass is 10.2. The first-order valence-corrected chi connectivity index (χ1v) is 7.83. The van der Waals surface area contributed by atoms with Gasteiger partial charge in [0.15, 0.2) is 0 Å². The number of halogens is 2. The zero-order valence-corrected chi connectivity index (χ0v) is 13.6. The number of carbonyl (C=O) groups excluding carboxylic acids is 2. The molecule has 5 nitrogen and oxygen atoms in total. The van der Waals surface area contributed by atoms with Crippen LogP contribution in [0, 0.1) is 11.6 Å². The Morgan fingerprint density at radius 3 is 2.40 bits per heavy atom. The summed E-state index contributed by atoms with van der Waals surface area (Å²) in [5, 5.41) is 2.20. The highest BCUT2D eigenvalue weighted by Gasteiger charge is 2.37. The second kappa shape index (κ2) is 6.88. The molecular weight excluding hydrogens is 328 g/mol. The smallest absolute Gasteiger partial charge is 0.315 e. The average molecular weight is 345 g/mol. The maximum Gasteiger partial charge on any atom is 0.322 e. The highest BCUT2D eigenvalue weighted by atomic mass is 19.1. The number of anilines is 2. The van der Waals surface area contributed by atoms with E-state index >= 15 is 0 Å². The molecule has 0 aromatic heterocycles. The number of para-hydroxylation sites is 2. The maximum absolute atomic E-state index is 13.7. The summed E-state index contributed by atoms with van der Waals surface area (Å²) in [4.78, 5) is 27.7. The van der Waals surface area contributed by atoms with Crippen molar-refractivity contribution in [3.63, 3.8) is 0 Å². The van der Waals surface area contributed by atoms with Crippen LogP contribution >= 0.6 is 0 Å². The van der Waals surface area contributed by atoms with E-state index in [4.69, 9.17) is 0 Å². The summed E-state index contributed by atoms with van der Waals surface area (Å²) in [5.74, 6) is -1.96. The first kappa shape index (κ1) is 16.9. The minimum Gasteiger partial charge on any atom is -0.315 e. The van der Waals surface area contributed by atoms with Crippen molar-refractivity contribution in [3.05, 3.63) is 60.2 Å². The van der Waals surface area contributed by atoms with Gasteiger partial charge in [0.1, 0.15) is 23.4 Å². The molecule has 25 heavy (non-hydrogen) atoms. The lowest BCUT2D eigenvalue weighted by Crippen LogP contribution is -2.45. The van der Waals surface area contributed by atoms with E-state index in [9.17, 15) is 18.4 Å². The summed E-state index contributed by atoms with van der Waals surface area (Å²) in [6.45, 7) is 0.471. The third-order valence-electron chi connectivity index (χ3n) is 4.23. The number of nitrogens with zero attached hydrogens (tertiary/aromatic N) is 2. The molecule has 0 spiro atoms. The minimum absolute atomic E-state index is 0.224. The van der Waals surface area contributed by atoms with Crippen LogP contribution in [-0.4, -0.2) is 36.5 Å². The summed E-state index contributed by atoms with van der Waals surface area (Å²) in [5.41, 5.74) is 0.230. The third kappa shape index (κ3) is 3.31. The summed E-state index contributed by atoms with van der Waals surface area (Å²) in [6.07, 6.45) is 0.442. The molecule has 1 aliphatic rings. The van der Waals surface area contributed by atoms with E-state index in [1.807, 2.05) is 30.3 Å². The standard InChI is InChI=1S/C18H17F2N3O2/c1-22(18(25)21-16-13(19)8-5-9-14(16)20)15-10-11-23(17(15)24)12-6-3-2-4-7-12/h2-9,15H,10-11H2,1H3,(H,21,25). The summed E-state index contributed by atoms with van der Waals surface area (Å²) < 4.78 is 27.3. The number of carbonyl (C=O) groups is 2. The lowest BCUT2D eigenvalue weighted by molar-refractivity contribution is -0.120. The van der Waals surface area contributed by atoms with E-state index < -0.39 is 29.4 Å². The van der Waals surface area contributed by atoms with Crippen LogP contribution < -0.4 is 10.2 Å². The van der Waals surface area contributed by atoms with Gasteiger partial charge >= 0.3 is 6.03 Å². The van der Waals surface area contributed by atoms with Gasteiger partial charge in [-0.2, -0.15) is 0 Å². The number of hydrogen-bond donors (Lipinski definition) is 1.